The highest BCUT2D eigenvalue weighted by Gasteiger charge is 2.10. The number of hydrogen-bond donors (Lipinski definition) is 1. The van der Waals surface area contributed by atoms with Crippen molar-refractivity contribution in [2.75, 3.05) is 7.05 Å². The van der Waals surface area contributed by atoms with Gasteiger partial charge in [0, 0.05) is 5.56 Å². The summed E-state index contributed by atoms with van der Waals surface area (Å²) < 4.78 is 24.8. The molecular weight excluding hydrogens is 226 g/mol. The van der Waals surface area contributed by atoms with Crippen LogP contribution in [0.3, 0.4) is 0 Å². The molecule has 0 aliphatic heterocycles. The van der Waals surface area contributed by atoms with E-state index in [1.165, 1.54) is 38.2 Å². The summed E-state index contributed by atoms with van der Waals surface area (Å²) in [6, 6.07) is 5.80. The van der Waals surface area contributed by atoms with Gasteiger partial charge in [0.2, 0.25) is 10.0 Å². The van der Waals surface area contributed by atoms with Crippen molar-refractivity contribution in [3.8, 4) is 0 Å². The molecule has 0 spiro atoms. The summed E-state index contributed by atoms with van der Waals surface area (Å²) in [4.78, 5) is 11.1. The van der Waals surface area contributed by atoms with Crippen molar-refractivity contribution < 1.29 is 13.2 Å². The molecule has 4 nitrogen and oxygen atoms in total. The number of hydrogen-bond acceptors (Lipinski definition) is 3. The van der Waals surface area contributed by atoms with E-state index in [4.69, 9.17) is 0 Å². The van der Waals surface area contributed by atoms with Crippen LogP contribution in [0, 0.1) is 0 Å². The third-order valence-electron chi connectivity index (χ3n) is 1.84. The lowest BCUT2D eigenvalue weighted by Gasteiger charge is -2.02. The highest BCUT2D eigenvalue weighted by molar-refractivity contribution is 7.89. The van der Waals surface area contributed by atoms with Crippen LogP contribution < -0.4 is 4.72 Å². The Morgan fingerprint density at radius 3 is 1.88 bits per heavy atom. The van der Waals surface area contributed by atoms with E-state index in [0.717, 1.165) is 0 Å². The molecule has 5 heteroatoms. The van der Waals surface area contributed by atoms with Crippen molar-refractivity contribution in [2.24, 2.45) is 0 Å². The van der Waals surface area contributed by atoms with Crippen LogP contribution in [0.2, 0.25) is 0 Å². The fourth-order valence-electron chi connectivity index (χ4n) is 0.987. The van der Waals surface area contributed by atoms with Crippen LogP contribution in [0.1, 0.15) is 31.1 Å². The van der Waals surface area contributed by atoms with E-state index < -0.39 is 10.0 Å². The van der Waals surface area contributed by atoms with Crippen molar-refractivity contribution in [2.45, 2.75) is 25.7 Å². The van der Waals surface area contributed by atoms with Gasteiger partial charge in [-0.15, -0.1) is 0 Å². The van der Waals surface area contributed by atoms with E-state index in [-0.39, 0.29) is 10.7 Å². The number of carbonyl (C=O) groups excluding carboxylic acids is 1. The fraction of sp³-hybridized carbons (Fsp3) is 0.364. The van der Waals surface area contributed by atoms with Crippen molar-refractivity contribution in [1.82, 2.24) is 4.72 Å². The fourth-order valence-corrected chi connectivity index (χ4v) is 1.72. The van der Waals surface area contributed by atoms with E-state index in [1.54, 1.807) is 0 Å². The highest BCUT2D eigenvalue weighted by atomic mass is 32.2. The Hall–Kier alpha value is -1.20. The van der Waals surface area contributed by atoms with Gasteiger partial charge in [0.05, 0.1) is 4.90 Å². The lowest BCUT2D eigenvalue weighted by Crippen LogP contribution is -2.18. The smallest absolute Gasteiger partial charge is 0.240 e. The molecule has 1 N–H and O–H groups in total. The number of Topliss-reactive ketones (excluding diaryl/α,β-unsaturated/α-hetero) is 1. The first kappa shape index (κ1) is 14.8. The van der Waals surface area contributed by atoms with Gasteiger partial charge in [-0.2, -0.15) is 0 Å². The second kappa shape index (κ2) is 6.40. The maximum Gasteiger partial charge on any atom is 0.240 e. The van der Waals surface area contributed by atoms with Gasteiger partial charge in [-0.1, -0.05) is 26.0 Å². The molecule has 0 atom stereocenters. The molecule has 0 radical (unpaired) electrons. The molecule has 90 valence electrons. The van der Waals surface area contributed by atoms with Crippen LogP contribution in [0.5, 0.6) is 0 Å². The Kier molecular flexibility index (Phi) is 5.92. The van der Waals surface area contributed by atoms with Crippen molar-refractivity contribution >= 4 is 15.8 Å². The minimum Gasteiger partial charge on any atom is -0.295 e. The number of rotatable bonds is 3. The van der Waals surface area contributed by atoms with Gasteiger partial charge in [-0.05, 0) is 26.1 Å². The maximum absolute atomic E-state index is 11.3. The number of nitrogens with one attached hydrogen (secondary N) is 1. The Morgan fingerprint density at radius 2 is 1.56 bits per heavy atom. The van der Waals surface area contributed by atoms with Gasteiger partial charge in [-0.3, -0.25) is 4.79 Å². The Labute approximate surface area is 96.7 Å². The van der Waals surface area contributed by atoms with E-state index >= 15 is 0 Å². The summed E-state index contributed by atoms with van der Waals surface area (Å²) in [5.74, 6) is -0.0848. The molecule has 0 bridgehead atoms. The highest BCUT2D eigenvalue weighted by Crippen LogP contribution is 2.10. The van der Waals surface area contributed by atoms with Crippen molar-refractivity contribution in [3.63, 3.8) is 0 Å². The van der Waals surface area contributed by atoms with Crippen LogP contribution in [0.15, 0.2) is 29.2 Å². The Morgan fingerprint density at radius 1 is 1.12 bits per heavy atom. The summed E-state index contributed by atoms with van der Waals surface area (Å²) in [5.41, 5.74) is 0.500. The second-order valence-electron chi connectivity index (χ2n) is 2.79. The molecule has 0 unspecified atom stereocenters. The number of sulfonamides is 1. The molecule has 0 fully saturated rings. The first-order valence-electron chi connectivity index (χ1n) is 5.02. The van der Waals surface area contributed by atoms with Gasteiger partial charge >= 0.3 is 0 Å². The molecule has 0 aromatic heterocycles. The summed E-state index contributed by atoms with van der Waals surface area (Å²) in [5, 5.41) is 0. The molecule has 1 rings (SSSR count). The first-order valence-corrected chi connectivity index (χ1v) is 6.50. The largest absolute Gasteiger partial charge is 0.295 e. The minimum atomic E-state index is -3.40. The van der Waals surface area contributed by atoms with E-state index in [0.29, 0.717) is 5.56 Å². The quantitative estimate of drug-likeness (QED) is 0.824. The zero-order valence-corrected chi connectivity index (χ0v) is 10.8. The standard InChI is InChI=1S/C9H11NO3S.C2H6/c1-7(11)8-3-5-9(6-4-8)14(12,13)10-2;1-2/h3-6,10H,1-2H3;1-2H3. The van der Waals surface area contributed by atoms with Crippen LogP contribution >= 0.6 is 0 Å². The predicted molar refractivity (Wildman–Crippen MR) is 64.0 cm³/mol. The molecule has 1 aromatic rings. The molecule has 1 aromatic carbocycles. The van der Waals surface area contributed by atoms with Gasteiger partial charge in [0.1, 0.15) is 0 Å². The van der Waals surface area contributed by atoms with E-state index in [9.17, 15) is 13.2 Å². The number of benzene rings is 1. The van der Waals surface area contributed by atoms with Gasteiger partial charge in [0.25, 0.3) is 0 Å². The Bertz CT molecular complexity index is 435. The molecule has 0 aliphatic carbocycles. The Balaban J connectivity index is 0.00000106. The van der Waals surface area contributed by atoms with E-state index in [1.807, 2.05) is 13.8 Å². The maximum atomic E-state index is 11.3. The molecule has 0 heterocycles. The topological polar surface area (TPSA) is 63.2 Å². The molecule has 0 amide bonds. The lowest BCUT2D eigenvalue weighted by molar-refractivity contribution is 0.101. The summed E-state index contributed by atoms with van der Waals surface area (Å²) in [6.07, 6.45) is 0. The predicted octanol–water partition coefficient (Wildman–Crippen LogP) is 1.82. The average Bonchev–Trinajstić information content (AvgIpc) is 2.32. The third-order valence-corrected chi connectivity index (χ3v) is 3.27. The van der Waals surface area contributed by atoms with Crippen LogP contribution in [0.25, 0.3) is 0 Å². The second-order valence-corrected chi connectivity index (χ2v) is 4.67. The average molecular weight is 243 g/mol. The SMILES string of the molecule is CC.CNS(=O)(=O)c1ccc(C(C)=O)cc1. The van der Waals surface area contributed by atoms with Crippen molar-refractivity contribution in [3.05, 3.63) is 29.8 Å². The van der Waals surface area contributed by atoms with Crippen LogP contribution in [0.4, 0.5) is 0 Å². The van der Waals surface area contributed by atoms with Gasteiger partial charge in [0.15, 0.2) is 5.78 Å². The van der Waals surface area contributed by atoms with Crippen LogP contribution in [-0.2, 0) is 10.0 Å². The summed E-state index contributed by atoms with van der Waals surface area (Å²) >= 11 is 0. The lowest BCUT2D eigenvalue weighted by atomic mass is 10.2. The molecule has 0 saturated heterocycles. The monoisotopic (exact) mass is 243 g/mol. The van der Waals surface area contributed by atoms with Crippen LogP contribution in [-0.4, -0.2) is 21.2 Å². The van der Waals surface area contributed by atoms with E-state index in [2.05, 4.69) is 4.72 Å². The molecule has 0 aliphatic rings. The summed E-state index contributed by atoms with van der Waals surface area (Å²) in [7, 11) is -2.06. The molecule has 16 heavy (non-hydrogen) atoms. The number of carbonyl (C=O) groups is 1. The molecule has 0 saturated carbocycles. The molecular formula is C11H17NO3S. The minimum absolute atomic E-state index is 0.0848. The zero-order valence-electron chi connectivity index (χ0n) is 9.94. The third kappa shape index (κ3) is 3.75. The number of ketones is 1. The zero-order chi connectivity index (χ0) is 12.8. The van der Waals surface area contributed by atoms with Gasteiger partial charge in [-0.25, -0.2) is 13.1 Å². The first-order chi connectivity index (χ1) is 7.47. The van der Waals surface area contributed by atoms with Crippen molar-refractivity contribution in [1.29, 1.82) is 0 Å². The van der Waals surface area contributed by atoms with Gasteiger partial charge < -0.3 is 0 Å². The normalized spacial score (nSPS) is 10.2. The summed E-state index contributed by atoms with van der Waals surface area (Å²) in [6.45, 7) is 5.43.